The molecule has 0 aromatic carbocycles. The van der Waals surface area contributed by atoms with Gasteiger partial charge in [-0.25, -0.2) is 14.8 Å². The van der Waals surface area contributed by atoms with Gasteiger partial charge in [0.05, 0.1) is 6.20 Å². The van der Waals surface area contributed by atoms with Crippen LogP contribution in [0, 0.1) is 0 Å². The summed E-state index contributed by atoms with van der Waals surface area (Å²) in [7, 11) is 0. The molecular weight excluding hydrogens is 196 g/mol. The predicted octanol–water partition coefficient (Wildman–Crippen LogP) is 0.704. The van der Waals surface area contributed by atoms with Crippen LogP contribution in [0.1, 0.15) is 10.6 Å². The first-order chi connectivity index (χ1) is 6.16. The average Bonchev–Trinajstić information content (AvgIpc) is 2.46. The highest BCUT2D eigenvalue weighted by Gasteiger charge is 2.10. The summed E-state index contributed by atoms with van der Waals surface area (Å²) in [5.41, 5.74) is 0.694. The number of fused-ring (bicyclic) bond motifs is 1. The van der Waals surface area contributed by atoms with Crippen molar-refractivity contribution < 1.29 is 9.90 Å². The SMILES string of the molecule is O=C(O)c1nc2nc(Cl)ncc2[nH]1. The fraction of sp³-hybridized carbons (Fsp3) is 0. The Bertz CT molecular complexity index is 480. The molecule has 0 amide bonds. The van der Waals surface area contributed by atoms with Crippen LogP contribution in [0.4, 0.5) is 0 Å². The van der Waals surface area contributed by atoms with E-state index in [4.69, 9.17) is 16.7 Å². The molecule has 0 aliphatic rings. The first-order valence-corrected chi connectivity index (χ1v) is 3.66. The van der Waals surface area contributed by atoms with E-state index in [0.717, 1.165) is 0 Å². The number of carboxylic acid groups (broad SMARTS) is 1. The summed E-state index contributed by atoms with van der Waals surface area (Å²) >= 11 is 5.48. The minimum atomic E-state index is -1.14. The first-order valence-electron chi connectivity index (χ1n) is 3.28. The van der Waals surface area contributed by atoms with E-state index < -0.39 is 5.97 Å². The van der Waals surface area contributed by atoms with Crippen LogP contribution < -0.4 is 0 Å². The van der Waals surface area contributed by atoms with Crippen molar-refractivity contribution in [2.24, 2.45) is 0 Å². The normalized spacial score (nSPS) is 10.5. The second-order valence-electron chi connectivity index (χ2n) is 2.27. The maximum absolute atomic E-state index is 10.5. The van der Waals surface area contributed by atoms with Gasteiger partial charge in [0.1, 0.15) is 5.52 Å². The molecule has 0 aliphatic heterocycles. The molecule has 2 rings (SSSR count). The maximum atomic E-state index is 10.5. The largest absolute Gasteiger partial charge is 0.475 e. The van der Waals surface area contributed by atoms with Crippen LogP contribution in [-0.2, 0) is 0 Å². The van der Waals surface area contributed by atoms with Crippen molar-refractivity contribution in [2.75, 3.05) is 0 Å². The monoisotopic (exact) mass is 198 g/mol. The number of aromatic amines is 1. The lowest BCUT2D eigenvalue weighted by Crippen LogP contribution is -1.97. The molecule has 2 heterocycles. The Labute approximate surface area is 76.6 Å². The number of halogens is 1. The number of aromatic nitrogens is 4. The number of nitrogens with one attached hydrogen (secondary N) is 1. The van der Waals surface area contributed by atoms with E-state index in [1.165, 1.54) is 6.20 Å². The molecule has 0 atom stereocenters. The van der Waals surface area contributed by atoms with E-state index in [1.54, 1.807) is 0 Å². The number of H-pyrrole nitrogens is 1. The molecule has 0 spiro atoms. The van der Waals surface area contributed by atoms with Crippen molar-refractivity contribution in [1.29, 1.82) is 0 Å². The van der Waals surface area contributed by atoms with Crippen molar-refractivity contribution in [3.05, 3.63) is 17.3 Å². The van der Waals surface area contributed by atoms with Gasteiger partial charge in [0.2, 0.25) is 11.1 Å². The van der Waals surface area contributed by atoms with Crippen LogP contribution in [0.25, 0.3) is 11.2 Å². The van der Waals surface area contributed by atoms with E-state index in [0.29, 0.717) is 5.52 Å². The number of nitrogens with zero attached hydrogens (tertiary/aromatic N) is 3. The standard InChI is InChI=1S/C6H3ClN4O2/c7-6-8-1-2-3(11-6)10-4(9-2)5(12)13/h1H,(H,12,13)(H,8,9,10,11). The van der Waals surface area contributed by atoms with Gasteiger partial charge in [-0.05, 0) is 11.6 Å². The Kier molecular flexibility index (Phi) is 1.63. The molecule has 0 saturated carbocycles. The van der Waals surface area contributed by atoms with Gasteiger partial charge in [-0.1, -0.05) is 0 Å². The summed E-state index contributed by atoms with van der Waals surface area (Å²) in [6.45, 7) is 0. The van der Waals surface area contributed by atoms with Crippen LogP contribution in [0.2, 0.25) is 5.28 Å². The highest BCUT2D eigenvalue weighted by Crippen LogP contribution is 2.09. The molecule has 66 valence electrons. The number of aromatic carboxylic acids is 1. The molecule has 13 heavy (non-hydrogen) atoms. The second-order valence-corrected chi connectivity index (χ2v) is 2.60. The van der Waals surface area contributed by atoms with Crippen molar-refractivity contribution in [2.45, 2.75) is 0 Å². The van der Waals surface area contributed by atoms with Gasteiger partial charge < -0.3 is 10.1 Å². The number of carbonyl (C=O) groups is 1. The fourth-order valence-electron chi connectivity index (χ4n) is 0.888. The smallest absolute Gasteiger partial charge is 0.371 e. The van der Waals surface area contributed by atoms with Crippen molar-refractivity contribution in [1.82, 2.24) is 19.9 Å². The Hall–Kier alpha value is -1.69. The lowest BCUT2D eigenvalue weighted by atomic mass is 10.6. The summed E-state index contributed by atoms with van der Waals surface area (Å²) in [6, 6.07) is 0. The molecule has 7 heteroatoms. The molecule has 6 nitrogen and oxygen atoms in total. The maximum Gasteiger partial charge on any atom is 0.371 e. The molecule has 0 saturated heterocycles. The summed E-state index contributed by atoms with van der Waals surface area (Å²) in [4.78, 5) is 24.1. The third-order valence-electron chi connectivity index (χ3n) is 1.41. The number of rotatable bonds is 1. The average molecular weight is 199 g/mol. The van der Waals surface area contributed by atoms with Crippen LogP contribution in [0.5, 0.6) is 0 Å². The molecule has 0 aliphatic carbocycles. The Morgan fingerprint density at radius 3 is 3.00 bits per heavy atom. The van der Waals surface area contributed by atoms with Crippen molar-refractivity contribution in [3.63, 3.8) is 0 Å². The van der Waals surface area contributed by atoms with E-state index in [-0.39, 0.29) is 16.8 Å². The third-order valence-corrected chi connectivity index (χ3v) is 1.59. The summed E-state index contributed by atoms with van der Waals surface area (Å²) < 4.78 is 0. The third kappa shape index (κ3) is 1.31. The molecule has 0 radical (unpaired) electrons. The minimum Gasteiger partial charge on any atom is -0.475 e. The Morgan fingerprint density at radius 1 is 1.54 bits per heavy atom. The molecule has 0 bridgehead atoms. The van der Waals surface area contributed by atoms with Gasteiger partial charge in [0.15, 0.2) is 5.65 Å². The summed E-state index contributed by atoms with van der Waals surface area (Å²) in [6.07, 6.45) is 1.38. The first kappa shape index (κ1) is 7.93. The lowest BCUT2D eigenvalue weighted by molar-refractivity contribution is 0.0685. The van der Waals surface area contributed by atoms with Gasteiger partial charge in [-0.15, -0.1) is 0 Å². The lowest BCUT2D eigenvalue weighted by Gasteiger charge is -1.85. The molecule has 0 fully saturated rings. The van der Waals surface area contributed by atoms with Crippen molar-refractivity contribution in [3.8, 4) is 0 Å². The van der Waals surface area contributed by atoms with Crippen LogP contribution >= 0.6 is 11.6 Å². The fourth-order valence-corrected chi connectivity index (χ4v) is 1.02. The number of carboxylic acids is 1. The van der Waals surface area contributed by atoms with Gasteiger partial charge in [-0.2, -0.15) is 4.98 Å². The highest BCUT2D eigenvalue weighted by atomic mass is 35.5. The van der Waals surface area contributed by atoms with Crippen LogP contribution in [-0.4, -0.2) is 31.0 Å². The number of imidazole rings is 1. The zero-order valence-electron chi connectivity index (χ0n) is 6.15. The van der Waals surface area contributed by atoms with Gasteiger partial charge >= 0.3 is 5.97 Å². The van der Waals surface area contributed by atoms with Gasteiger partial charge in [0.25, 0.3) is 0 Å². The van der Waals surface area contributed by atoms with E-state index in [2.05, 4.69) is 19.9 Å². The summed E-state index contributed by atoms with van der Waals surface area (Å²) in [5.74, 6) is -1.32. The minimum absolute atomic E-state index is 0.0379. The Balaban J connectivity index is 2.68. The second kappa shape index (κ2) is 2.67. The molecular formula is C6H3ClN4O2. The van der Waals surface area contributed by atoms with E-state index in [9.17, 15) is 4.79 Å². The van der Waals surface area contributed by atoms with E-state index in [1.807, 2.05) is 0 Å². The quantitative estimate of drug-likeness (QED) is 0.659. The number of hydrogen-bond acceptors (Lipinski definition) is 4. The van der Waals surface area contributed by atoms with Gasteiger partial charge in [-0.3, -0.25) is 0 Å². The molecule has 2 aromatic heterocycles. The molecule has 2 aromatic rings. The van der Waals surface area contributed by atoms with Crippen LogP contribution in [0.15, 0.2) is 6.20 Å². The van der Waals surface area contributed by atoms with Crippen LogP contribution in [0.3, 0.4) is 0 Å². The van der Waals surface area contributed by atoms with E-state index >= 15 is 0 Å². The number of hydrogen-bond donors (Lipinski definition) is 2. The topological polar surface area (TPSA) is 91.8 Å². The van der Waals surface area contributed by atoms with Crippen molar-refractivity contribution >= 4 is 28.7 Å². The van der Waals surface area contributed by atoms with Gasteiger partial charge in [0, 0.05) is 0 Å². The predicted molar refractivity (Wildman–Crippen MR) is 43.7 cm³/mol. The Morgan fingerprint density at radius 2 is 2.31 bits per heavy atom. The zero-order valence-corrected chi connectivity index (χ0v) is 6.91. The molecule has 2 N–H and O–H groups in total. The highest BCUT2D eigenvalue weighted by molar-refractivity contribution is 6.28. The summed E-state index contributed by atoms with van der Waals surface area (Å²) in [5, 5.41) is 8.62. The zero-order chi connectivity index (χ0) is 9.42. The molecule has 0 unspecified atom stereocenters.